The Morgan fingerprint density at radius 3 is 2.27 bits per heavy atom. The Labute approximate surface area is 178 Å². The molecule has 0 saturated carbocycles. The van der Waals surface area contributed by atoms with E-state index < -0.39 is 0 Å². The predicted octanol–water partition coefficient (Wildman–Crippen LogP) is 4.44. The van der Waals surface area contributed by atoms with Gasteiger partial charge in [-0.1, -0.05) is 42.0 Å². The molecule has 7 heteroatoms. The highest BCUT2D eigenvalue weighted by atomic mass is 32.1. The van der Waals surface area contributed by atoms with Gasteiger partial charge < -0.3 is 5.32 Å². The summed E-state index contributed by atoms with van der Waals surface area (Å²) in [5.74, 6) is -0.778. The highest BCUT2D eigenvalue weighted by Gasteiger charge is 2.34. The minimum absolute atomic E-state index is 0.184. The molecule has 152 valence electrons. The van der Waals surface area contributed by atoms with E-state index in [9.17, 15) is 14.4 Å². The van der Waals surface area contributed by atoms with Crippen molar-refractivity contribution in [1.82, 2.24) is 9.88 Å². The topological polar surface area (TPSA) is 79.4 Å². The summed E-state index contributed by atoms with van der Waals surface area (Å²) >= 11 is 1.43. The molecule has 3 aromatic rings. The second-order valence-corrected chi connectivity index (χ2v) is 8.45. The van der Waals surface area contributed by atoms with Crippen LogP contribution in [0, 0.1) is 13.8 Å². The normalized spacial score (nSPS) is 12.9. The third-order valence-corrected chi connectivity index (χ3v) is 5.92. The number of nitrogens with one attached hydrogen (secondary N) is 1. The molecule has 30 heavy (non-hydrogen) atoms. The number of hydrogen-bond acceptors (Lipinski definition) is 5. The third kappa shape index (κ3) is 3.89. The third-order valence-electron chi connectivity index (χ3n) is 5.03. The maximum atomic E-state index is 12.4. The SMILES string of the molecule is Cc1ccc(-c2nc(NC(=O)CCCN3C(=O)c4ccccc4C3=O)sc2C)cc1. The molecule has 1 aromatic heterocycles. The van der Waals surface area contributed by atoms with Crippen LogP contribution in [0.5, 0.6) is 0 Å². The van der Waals surface area contributed by atoms with Crippen LogP contribution in [-0.4, -0.2) is 34.2 Å². The molecule has 0 radical (unpaired) electrons. The summed E-state index contributed by atoms with van der Waals surface area (Å²) in [6.07, 6.45) is 0.596. The Balaban J connectivity index is 1.33. The Morgan fingerprint density at radius 1 is 1.00 bits per heavy atom. The first-order chi connectivity index (χ1) is 14.4. The molecule has 2 aromatic carbocycles. The highest BCUT2D eigenvalue weighted by Crippen LogP contribution is 2.30. The molecule has 2 heterocycles. The second kappa shape index (κ2) is 8.20. The summed E-state index contributed by atoms with van der Waals surface area (Å²) in [5, 5.41) is 3.38. The van der Waals surface area contributed by atoms with Crippen LogP contribution in [-0.2, 0) is 4.79 Å². The lowest BCUT2D eigenvalue weighted by Gasteiger charge is -2.13. The summed E-state index contributed by atoms with van der Waals surface area (Å²) in [6, 6.07) is 14.9. The van der Waals surface area contributed by atoms with Crippen LogP contribution in [0.15, 0.2) is 48.5 Å². The minimum atomic E-state index is -0.297. The number of nitrogens with zero attached hydrogens (tertiary/aromatic N) is 2. The first kappa shape index (κ1) is 20.0. The van der Waals surface area contributed by atoms with Gasteiger partial charge in [0.25, 0.3) is 11.8 Å². The summed E-state index contributed by atoms with van der Waals surface area (Å²) < 4.78 is 0. The number of imide groups is 1. The van der Waals surface area contributed by atoms with E-state index in [2.05, 4.69) is 10.3 Å². The number of amides is 3. The number of anilines is 1. The monoisotopic (exact) mass is 419 g/mol. The maximum Gasteiger partial charge on any atom is 0.261 e. The zero-order valence-electron chi connectivity index (χ0n) is 16.8. The second-order valence-electron chi connectivity index (χ2n) is 7.25. The van der Waals surface area contributed by atoms with Gasteiger partial charge in [0.05, 0.1) is 16.8 Å². The van der Waals surface area contributed by atoms with E-state index in [-0.39, 0.29) is 30.7 Å². The number of thiazole rings is 1. The fourth-order valence-electron chi connectivity index (χ4n) is 3.45. The van der Waals surface area contributed by atoms with Crippen LogP contribution in [0.1, 0.15) is 44.0 Å². The van der Waals surface area contributed by atoms with Crippen molar-refractivity contribution in [2.24, 2.45) is 0 Å². The van der Waals surface area contributed by atoms with Crippen LogP contribution < -0.4 is 5.32 Å². The zero-order valence-corrected chi connectivity index (χ0v) is 17.6. The van der Waals surface area contributed by atoms with Crippen molar-refractivity contribution in [2.75, 3.05) is 11.9 Å². The fraction of sp³-hybridized carbons (Fsp3) is 0.217. The molecule has 0 unspecified atom stereocenters. The molecule has 1 aliphatic heterocycles. The van der Waals surface area contributed by atoms with Gasteiger partial charge in [-0.05, 0) is 32.4 Å². The summed E-state index contributed by atoms with van der Waals surface area (Å²) in [5.41, 5.74) is 3.91. The Kier molecular flexibility index (Phi) is 5.46. The molecule has 6 nitrogen and oxygen atoms in total. The first-order valence-corrected chi connectivity index (χ1v) is 10.6. The standard InChI is InChI=1S/C23H21N3O3S/c1-14-9-11-16(12-10-14)20-15(2)30-23(25-20)24-19(27)8-5-13-26-21(28)17-6-3-4-7-18(17)22(26)29/h3-4,6-7,9-12H,5,8,13H2,1-2H3,(H,24,25,27). The zero-order chi connectivity index (χ0) is 21.3. The number of benzene rings is 2. The van der Waals surface area contributed by atoms with Gasteiger partial charge in [-0.15, -0.1) is 11.3 Å². The van der Waals surface area contributed by atoms with Crippen LogP contribution in [0.3, 0.4) is 0 Å². The Hall–Kier alpha value is -3.32. The molecule has 1 N–H and O–H groups in total. The molecule has 0 fully saturated rings. The average Bonchev–Trinajstić information content (AvgIpc) is 3.21. The molecule has 4 rings (SSSR count). The lowest BCUT2D eigenvalue weighted by atomic mass is 10.1. The Bertz CT molecular complexity index is 1100. The van der Waals surface area contributed by atoms with Gasteiger partial charge in [-0.3, -0.25) is 19.3 Å². The van der Waals surface area contributed by atoms with Gasteiger partial charge in [0.2, 0.25) is 5.91 Å². The van der Waals surface area contributed by atoms with Gasteiger partial charge in [0.15, 0.2) is 5.13 Å². The van der Waals surface area contributed by atoms with Crippen molar-refractivity contribution in [3.8, 4) is 11.3 Å². The Morgan fingerprint density at radius 2 is 1.63 bits per heavy atom. The van der Waals surface area contributed by atoms with Gasteiger partial charge in [-0.2, -0.15) is 0 Å². The van der Waals surface area contributed by atoms with Crippen molar-refractivity contribution in [3.63, 3.8) is 0 Å². The van der Waals surface area contributed by atoms with Gasteiger partial charge in [-0.25, -0.2) is 4.98 Å². The van der Waals surface area contributed by atoms with Crippen molar-refractivity contribution in [2.45, 2.75) is 26.7 Å². The van der Waals surface area contributed by atoms with Crippen LogP contribution in [0.4, 0.5) is 5.13 Å². The summed E-state index contributed by atoms with van der Waals surface area (Å²) in [4.78, 5) is 43.9. The summed E-state index contributed by atoms with van der Waals surface area (Å²) in [7, 11) is 0. The average molecular weight is 420 g/mol. The van der Waals surface area contributed by atoms with E-state index in [0.717, 1.165) is 16.1 Å². The van der Waals surface area contributed by atoms with Crippen molar-refractivity contribution in [1.29, 1.82) is 0 Å². The molecule has 0 atom stereocenters. The molecule has 0 aliphatic carbocycles. The van der Waals surface area contributed by atoms with Crippen molar-refractivity contribution in [3.05, 3.63) is 70.1 Å². The number of aryl methyl sites for hydroxylation is 2. The highest BCUT2D eigenvalue weighted by molar-refractivity contribution is 7.16. The van der Waals surface area contributed by atoms with Gasteiger partial charge in [0, 0.05) is 23.4 Å². The molecule has 3 amide bonds. The molecule has 0 saturated heterocycles. The van der Waals surface area contributed by atoms with E-state index in [1.165, 1.54) is 21.8 Å². The van der Waals surface area contributed by atoms with E-state index in [1.807, 2.05) is 38.1 Å². The van der Waals surface area contributed by atoms with E-state index >= 15 is 0 Å². The predicted molar refractivity (Wildman–Crippen MR) is 117 cm³/mol. The largest absolute Gasteiger partial charge is 0.302 e. The van der Waals surface area contributed by atoms with E-state index in [1.54, 1.807) is 24.3 Å². The number of fused-ring (bicyclic) bond motifs is 1. The summed E-state index contributed by atoms with van der Waals surface area (Å²) in [6.45, 7) is 4.22. The fourth-order valence-corrected chi connectivity index (χ4v) is 4.30. The molecule has 0 spiro atoms. The lowest BCUT2D eigenvalue weighted by molar-refractivity contribution is -0.116. The van der Waals surface area contributed by atoms with Crippen molar-refractivity contribution >= 4 is 34.2 Å². The van der Waals surface area contributed by atoms with Crippen LogP contribution in [0.25, 0.3) is 11.3 Å². The van der Waals surface area contributed by atoms with Crippen LogP contribution >= 0.6 is 11.3 Å². The number of carbonyl (C=O) groups is 3. The number of rotatable bonds is 6. The number of carbonyl (C=O) groups excluding carboxylic acids is 3. The van der Waals surface area contributed by atoms with E-state index in [0.29, 0.717) is 22.7 Å². The quantitative estimate of drug-likeness (QED) is 0.599. The minimum Gasteiger partial charge on any atom is -0.302 e. The van der Waals surface area contributed by atoms with Crippen molar-refractivity contribution < 1.29 is 14.4 Å². The first-order valence-electron chi connectivity index (χ1n) is 9.73. The molecular formula is C23H21N3O3S. The van der Waals surface area contributed by atoms with Crippen LogP contribution in [0.2, 0.25) is 0 Å². The number of hydrogen-bond donors (Lipinski definition) is 1. The molecule has 1 aliphatic rings. The van der Waals surface area contributed by atoms with Gasteiger partial charge in [0.1, 0.15) is 0 Å². The molecular weight excluding hydrogens is 398 g/mol. The smallest absolute Gasteiger partial charge is 0.261 e. The lowest BCUT2D eigenvalue weighted by Crippen LogP contribution is -2.31. The molecule has 0 bridgehead atoms. The van der Waals surface area contributed by atoms with Gasteiger partial charge >= 0.3 is 0 Å². The van der Waals surface area contributed by atoms with E-state index in [4.69, 9.17) is 0 Å². The number of aromatic nitrogens is 1. The maximum absolute atomic E-state index is 12.4.